The van der Waals surface area contributed by atoms with E-state index in [1.807, 2.05) is 19.1 Å². The van der Waals surface area contributed by atoms with Crippen LogP contribution < -0.4 is 0 Å². The summed E-state index contributed by atoms with van der Waals surface area (Å²) in [6, 6.07) is 3.71. The Hall–Kier alpha value is -2.15. The van der Waals surface area contributed by atoms with Crippen LogP contribution in [0.1, 0.15) is 30.2 Å². The number of amides is 1. The zero-order chi connectivity index (χ0) is 14.7. The molecule has 1 amide bonds. The normalized spacial score (nSPS) is 12.4. The highest BCUT2D eigenvalue weighted by Gasteiger charge is 2.14. The van der Waals surface area contributed by atoms with Gasteiger partial charge in [-0.3, -0.25) is 4.79 Å². The topological polar surface area (TPSA) is 84.4 Å². The Morgan fingerprint density at radius 3 is 2.85 bits per heavy atom. The highest BCUT2D eigenvalue weighted by atomic mass is 16.3. The van der Waals surface area contributed by atoms with Crippen LogP contribution in [0.4, 0.5) is 0 Å². The third-order valence-electron chi connectivity index (χ3n) is 2.90. The molecule has 108 valence electrons. The summed E-state index contributed by atoms with van der Waals surface area (Å²) in [4.78, 5) is 13.6. The average molecular weight is 278 g/mol. The van der Waals surface area contributed by atoms with Crippen molar-refractivity contribution >= 4 is 5.91 Å². The Kier molecular flexibility index (Phi) is 4.19. The maximum atomic E-state index is 12.0. The van der Waals surface area contributed by atoms with Crippen molar-refractivity contribution in [2.75, 3.05) is 7.05 Å². The van der Waals surface area contributed by atoms with Crippen LogP contribution >= 0.6 is 0 Å². The molecule has 0 bridgehead atoms. The molecule has 1 unspecified atom stereocenters. The second-order valence-electron chi connectivity index (χ2n) is 4.78. The summed E-state index contributed by atoms with van der Waals surface area (Å²) in [7, 11) is 1.70. The van der Waals surface area contributed by atoms with E-state index in [0.29, 0.717) is 12.2 Å². The van der Waals surface area contributed by atoms with Gasteiger partial charge >= 0.3 is 0 Å². The molecule has 7 heteroatoms. The first-order valence-electron chi connectivity index (χ1n) is 6.33. The van der Waals surface area contributed by atoms with Crippen molar-refractivity contribution in [1.82, 2.24) is 19.9 Å². The quantitative estimate of drug-likeness (QED) is 0.878. The average Bonchev–Trinajstić information content (AvgIpc) is 2.98. The minimum Gasteiger partial charge on any atom is -0.464 e. The molecule has 2 rings (SSSR count). The molecular formula is C13H18N4O3. The fraction of sp³-hybridized carbons (Fsp3) is 0.462. The maximum Gasteiger partial charge on any atom is 0.244 e. The van der Waals surface area contributed by atoms with E-state index < -0.39 is 6.10 Å². The lowest BCUT2D eigenvalue weighted by Crippen LogP contribution is -2.29. The number of carbonyl (C=O) groups is 1. The monoisotopic (exact) mass is 278 g/mol. The van der Waals surface area contributed by atoms with E-state index in [-0.39, 0.29) is 12.5 Å². The van der Waals surface area contributed by atoms with E-state index in [1.165, 1.54) is 4.68 Å². The number of aromatic nitrogens is 3. The molecule has 0 aromatic carbocycles. The molecule has 0 aliphatic heterocycles. The van der Waals surface area contributed by atoms with E-state index in [4.69, 9.17) is 4.42 Å². The predicted molar refractivity (Wildman–Crippen MR) is 70.6 cm³/mol. The van der Waals surface area contributed by atoms with Crippen LogP contribution in [-0.2, 0) is 17.9 Å². The number of aryl methyl sites for hydroxylation is 1. The number of aliphatic hydroxyl groups excluding tert-OH is 1. The first-order valence-corrected chi connectivity index (χ1v) is 6.33. The van der Waals surface area contributed by atoms with Crippen molar-refractivity contribution in [1.29, 1.82) is 0 Å². The van der Waals surface area contributed by atoms with Gasteiger partial charge in [0.1, 0.15) is 23.8 Å². The van der Waals surface area contributed by atoms with Gasteiger partial charge in [0, 0.05) is 7.05 Å². The first kappa shape index (κ1) is 14.3. The van der Waals surface area contributed by atoms with E-state index in [9.17, 15) is 9.90 Å². The Morgan fingerprint density at radius 1 is 1.55 bits per heavy atom. The van der Waals surface area contributed by atoms with Gasteiger partial charge in [0.15, 0.2) is 0 Å². The van der Waals surface area contributed by atoms with E-state index in [0.717, 1.165) is 11.5 Å². The van der Waals surface area contributed by atoms with Crippen molar-refractivity contribution in [3.8, 4) is 0 Å². The summed E-state index contributed by atoms with van der Waals surface area (Å²) in [5.74, 6) is 1.45. The Morgan fingerprint density at radius 2 is 2.30 bits per heavy atom. The summed E-state index contributed by atoms with van der Waals surface area (Å²) in [6.45, 7) is 3.94. The van der Waals surface area contributed by atoms with Crippen molar-refractivity contribution in [3.05, 3.63) is 35.5 Å². The van der Waals surface area contributed by atoms with Gasteiger partial charge in [0.25, 0.3) is 0 Å². The number of likely N-dealkylation sites (N-methyl/N-ethyl adjacent to an activating group) is 1. The largest absolute Gasteiger partial charge is 0.464 e. The second kappa shape index (κ2) is 5.87. The minimum atomic E-state index is -0.692. The SMILES string of the molecule is Cc1ccc(CN(C)C(=O)Cn2cc(C(C)O)nn2)o1. The molecule has 0 saturated carbocycles. The van der Waals surface area contributed by atoms with Gasteiger partial charge in [0.2, 0.25) is 5.91 Å². The predicted octanol–water partition coefficient (Wildman–Crippen LogP) is 0.891. The summed E-state index contributed by atoms with van der Waals surface area (Å²) in [5.41, 5.74) is 0.446. The van der Waals surface area contributed by atoms with E-state index in [2.05, 4.69) is 10.3 Å². The summed E-state index contributed by atoms with van der Waals surface area (Å²) in [6.07, 6.45) is 0.871. The van der Waals surface area contributed by atoms with Gasteiger partial charge in [-0.25, -0.2) is 4.68 Å². The lowest BCUT2D eigenvalue weighted by atomic mass is 10.3. The van der Waals surface area contributed by atoms with Gasteiger partial charge in [0.05, 0.1) is 18.8 Å². The zero-order valence-corrected chi connectivity index (χ0v) is 11.8. The van der Waals surface area contributed by atoms with Crippen molar-refractivity contribution < 1.29 is 14.3 Å². The summed E-state index contributed by atoms with van der Waals surface area (Å²) < 4.78 is 6.84. The number of furan rings is 1. The van der Waals surface area contributed by atoms with Gasteiger partial charge in [-0.1, -0.05) is 5.21 Å². The molecule has 1 N–H and O–H groups in total. The molecule has 0 saturated heterocycles. The molecule has 0 spiro atoms. The van der Waals surface area contributed by atoms with Crippen LogP contribution in [0.25, 0.3) is 0 Å². The van der Waals surface area contributed by atoms with Crippen LogP contribution in [0.5, 0.6) is 0 Å². The molecule has 1 atom stereocenters. The number of nitrogens with zero attached hydrogens (tertiary/aromatic N) is 4. The van der Waals surface area contributed by atoms with Crippen LogP contribution in [0.2, 0.25) is 0 Å². The first-order chi connectivity index (χ1) is 9.45. The Labute approximate surface area is 116 Å². The number of hydrogen-bond donors (Lipinski definition) is 1. The lowest BCUT2D eigenvalue weighted by molar-refractivity contribution is -0.131. The fourth-order valence-electron chi connectivity index (χ4n) is 1.73. The van der Waals surface area contributed by atoms with Gasteiger partial charge in [-0.2, -0.15) is 0 Å². The zero-order valence-electron chi connectivity index (χ0n) is 11.8. The second-order valence-corrected chi connectivity index (χ2v) is 4.78. The molecule has 0 fully saturated rings. The smallest absolute Gasteiger partial charge is 0.244 e. The van der Waals surface area contributed by atoms with Crippen LogP contribution in [0.3, 0.4) is 0 Å². The third-order valence-corrected chi connectivity index (χ3v) is 2.90. The highest BCUT2D eigenvalue weighted by Crippen LogP contribution is 2.10. The van der Waals surface area contributed by atoms with Crippen LogP contribution in [0.15, 0.2) is 22.7 Å². The lowest BCUT2D eigenvalue weighted by Gasteiger charge is -2.15. The standard InChI is InChI=1S/C13H18N4O3/c1-9-4-5-11(20-9)6-16(3)13(19)8-17-7-12(10(2)18)14-15-17/h4-5,7,10,18H,6,8H2,1-3H3. The Bertz CT molecular complexity index is 588. The molecule has 2 heterocycles. The molecular weight excluding hydrogens is 260 g/mol. The van der Waals surface area contributed by atoms with E-state index >= 15 is 0 Å². The molecule has 0 radical (unpaired) electrons. The van der Waals surface area contributed by atoms with Crippen LogP contribution in [0, 0.1) is 6.92 Å². The number of carbonyl (C=O) groups excluding carboxylic acids is 1. The molecule has 20 heavy (non-hydrogen) atoms. The number of rotatable bonds is 5. The van der Waals surface area contributed by atoms with Crippen molar-refractivity contribution in [2.24, 2.45) is 0 Å². The number of aliphatic hydroxyl groups is 1. The van der Waals surface area contributed by atoms with Crippen molar-refractivity contribution in [2.45, 2.75) is 33.0 Å². The van der Waals surface area contributed by atoms with Gasteiger partial charge in [-0.15, -0.1) is 5.10 Å². The molecule has 2 aromatic heterocycles. The maximum absolute atomic E-state index is 12.0. The molecule has 0 aliphatic rings. The summed E-state index contributed by atoms with van der Waals surface area (Å²) >= 11 is 0. The van der Waals surface area contributed by atoms with E-state index in [1.54, 1.807) is 25.1 Å². The third kappa shape index (κ3) is 3.45. The number of hydrogen-bond acceptors (Lipinski definition) is 5. The van der Waals surface area contributed by atoms with Crippen LogP contribution in [-0.4, -0.2) is 38.0 Å². The highest BCUT2D eigenvalue weighted by molar-refractivity contribution is 5.75. The van der Waals surface area contributed by atoms with Gasteiger partial charge < -0.3 is 14.4 Å². The minimum absolute atomic E-state index is 0.0793. The van der Waals surface area contributed by atoms with Crippen molar-refractivity contribution in [3.63, 3.8) is 0 Å². The Balaban J connectivity index is 1.93. The van der Waals surface area contributed by atoms with Gasteiger partial charge in [-0.05, 0) is 26.0 Å². The fourth-order valence-corrected chi connectivity index (χ4v) is 1.73. The summed E-state index contributed by atoms with van der Waals surface area (Å²) in [5, 5.41) is 16.9. The molecule has 2 aromatic rings. The molecule has 7 nitrogen and oxygen atoms in total. The molecule has 0 aliphatic carbocycles.